The number of benzene rings is 3. The predicted molar refractivity (Wildman–Crippen MR) is 117 cm³/mol. The van der Waals surface area contributed by atoms with Crippen molar-refractivity contribution in [2.24, 2.45) is 0 Å². The first-order valence-electron chi connectivity index (χ1n) is 10.6. The highest BCUT2D eigenvalue weighted by atomic mass is 19.4. The number of carbonyl (C=O) groups is 1. The number of aliphatic hydroxyl groups excluding tert-OH is 1. The number of alkyl halides is 3. The van der Waals surface area contributed by atoms with Gasteiger partial charge in [0.25, 0.3) is 0 Å². The monoisotopic (exact) mass is 456 g/mol. The van der Waals surface area contributed by atoms with Gasteiger partial charge in [-0.25, -0.2) is 0 Å². The minimum absolute atomic E-state index is 0. The van der Waals surface area contributed by atoms with Crippen molar-refractivity contribution in [3.8, 4) is 22.6 Å². The summed E-state index contributed by atoms with van der Waals surface area (Å²) in [5.41, 5.74) is 0.927. The Morgan fingerprint density at radius 3 is 2.48 bits per heavy atom. The smallest absolute Gasteiger partial charge is 0.416 e. The molecule has 1 aliphatic carbocycles. The average Bonchev–Trinajstić information content (AvgIpc) is 3.49. The Labute approximate surface area is 190 Å². The van der Waals surface area contributed by atoms with Crippen molar-refractivity contribution in [2.45, 2.75) is 37.5 Å². The summed E-state index contributed by atoms with van der Waals surface area (Å²) in [6.45, 7) is -0.171. The van der Waals surface area contributed by atoms with E-state index in [0.717, 1.165) is 17.7 Å². The van der Waals surface area contributed by atoms with E-state index < -0.39 is 17.2 Å². The highest BCUT2D eigenvalue weighted by molar-refractivity contribution is 5.95. The average molecular weight is 456 g/mol. The quantitative estimate of drug-likeness (QED) is 0.518. The number of ketones is 1. The molecule has 5 rings (SSSR count). The second kappa shape index (κ2) is 7.92. The molecule has 0 radical (unpaired) electrons. The van der Waals surface area contributed by atoms with Gasteiger partial charge in [-0.05, 0) is 64.9 Å². The topological polar surface area (TPSA) is 55.8 Å². The van der Waals surface area contributed by atoms with Gasteiger partial charge in [0.15, 0.2) is 11.5 Å². The number of Topliss-reactive ketones (excluding diaryl/α,β-unsaturated/α-hetero) is 1. The molecule has 3 aromatic carbocycles. The van der Waals surface area contributed by atoms with E-state index in [1.807, 2.05) is 6.07 Å². The van der Waals surface area contributed by atoms with Gasteiger partial charge < -0.3 is 14.6 Å². The second-order valence-corrected chi connectivity index (χ2v) is 8.48. The number of ether oxygens (including phenoxy) is 2. The standard InChI is InChI=1S/C26H21F3O4.H2/c27-26(28,29)20-10-16(9-18(12-20)21-4-2-1-3-17(21)14-30)11-24(31)25(7-8-25)19-5-6-22-23(13-19)33-15-32-22;/h1-6,9-10,12-13,30H,7-8,11,14-15H2;1H. The number of hydrogen-bond acceptors (Lipinski definition) is 4. The lowest BCUT2D eigenvalue weighted by atomic mass is 9.86. The summed E-state index contributed by atoms with van der Waals surface area (Å²) < 4.78 is 51.7. The second-order valence-electron chi connectivity index (χ2n) is 8.48. The molecule has 1 fully saturated rings. The van der Waals surface area contributed by atoms with Crippen LogP contribution in [0.2, 0.25) is 0 Å². The van der Waals surface area contributed by atoms with Crippen molar-refractivity contribution in [1.29, 1.82) is 0 Å². The SMILES string of the molecule is O=C(Cc1cc(-c2ccccc2CO)cc(C(F)(F)F)c1)C1(c2ccc3c(c2)OCO3)CC1.[HH]. The van der Waals surface area contributed by atoms with Crippen molar-refractivity contribution >= 4 is 5.78 Å². The summed E-state index contributed by atoms with van der Waals surface area (Å²) in [4.78, 5) is 13.3. The van der Waals surface area contributed by atoms with Gasteiger partial charge in [0.2, 0.25) is 6.79 Å². The third kappa shape index (κ3) is 3.97. The molecule has 4 nitrogen and oxygen atoms in total. The number of carbonyl (C=O) groups excluding carboxylic acids is 1. The molecule has 172 valence electrons. The molecule has 2 aliphatic rings. The van der Waals surface area contributed by atoms with Crippen LogP contribution in [0, 0.1) is 0 Å². The van der Waals surface area contributed by atoms with Crippen LogP contribution in [0.5, 0.6) is 11.5 Å². The first kappa shape index (κ1) is 21.5. The largest absolute Gasteiger partial charge is 0.454 e. The maximum absolute atomic E-state index is 13.7. The van der Waals surface area contributed by atoms with Crippen LogP contribution >= 0.6 is 0 Å². The predicted octanol–water partition coefficient (Wildman–Crippen LogP) is 5.68. The summed E-state index contributed by atoms with van der Waals surface area (Å²) in [5, 5.41) is 9.64. The van der Waals surface area contributed by atoms with Crippen molar-refractivity contribution in [3.63, 3.8) is 0 Å². The molecular formula is C26H23F3O4. The summed E-state index contributed by atoms with van der Waals surface area (Å²) in [5.74, 6) is 1.07. The highest BCUT2D eigenvalue weighted by Crippen LogP contribution is 2.51. The van der Waals surface area contributed by atoms with Crippen LogP contribution in [0.1, 0.15) is 36.5 Å². The molecule has 0 aromatic heterocycles. The molecule has 1 N–H and O–H groups in total. The lowest BCUT2D eigenvalue weighted by Gasteiger charge is -2.17. The van der Waals surface area contributed by atoms with Crippen LogP contribution in [0.25, 0.3) is 11.1 Å². The Bertz CT molecular complexity index is 1230. The first-order chi connectivity index (χ1) is 15.8. The molecule has 1 aliphatic heterocycles. The maximum Gasteiger partial charge on any atom is 0.416 e. The number of fused-ring (bicyclic) bond motifs is 1. The maximum atomic E-state index is 13.7. The van der Waals surface area contributed by atoms with Gasteiger partial charge in [0.05, 0.1) is 17.6 Å². The van der Waals surface area contributed by atoms with E-state index in [0.29, 0.717) is 46.6 Å². The molecule has 1 heterocycles. The van der Waals surface area contributed by atoms with E-state index >= 15 is 0 Å². The Morgan fingerprint density at radius 1 is 1.00 bits per heavy atom. The number of halogens is 3. The molecule has 0 saturated heterocycles. The molecular weight excluding hydrogens is 433 g/mol. The first-order valence-corrected chi connectivity index (χ1v) is 10.6. The summed E-state index contributed by atoms with van der Waals surface area (Å²) in [6, 6.07) is 15.9. The van der Waals surface area contributed by atoms with Crippen molar-refractivity contribution in [1.82, 2.24) is 0 Å². The van der Waals surface area contributed by atoms with Crippen LogP contribution in [0.4, 0.5) is 13.2 Å². The zero-order valence-electron chi connectivity index (χ0n) is 17.6. The van der Waals surface area contributed by atoms with E-state index in [1.165, 1.54) is 0 Å². The lowest BCUT2D eigenvalue weighted by molar-refractivity contribution is -0.137. The third-order valence-corrected chi connectivity index (χ3v) is 6.39. The Balaban J connectivity index is 0.00000274. The Kier molecular flexibility index (Phi) is 5.16. The lowest BCUT2D eigenvalue weighted by Crippen LogP contribution is -2.22. The van der Waals surface area contributed by atoms with Gasteiger partial charge in [-0.1, -0.05) is 36.4 Å². The summed E-state index contributed by atoms with van der Waals surface area (Å²) >= 11 is 0. The third-order valence-electron chi connectivity index (χ3n) is 6.39. The van der Waals surface area contributed by atoms with Crippen molar-refractivity contribution in [2.75, 3.05) is 6.79 Å². The van der Waals surface area contributed by atoms with E-state index in [1.54, 1.807) is 42.5 Å². The van der Waals surface area contributed by atoms with Gasteiger partial charge >= 0.3 is 6.18 Å². The molecule has 0 unspecified atom stereocenters. The highest BCUT2D eigenvalue weighted by Gasteiger charge is 2.51. The van der Waals surface area contributed by atoms with Crippen LogP contribution < -0.4 is 9.47 Å². The van der Waals surface area contributed by atoms with Gasteiger partial charge in [0.1, 0.15) is 5.78 Å². The molecule has 1 saturated carbocycles. The van der Waals surface area contributed by atoms with Crippen LogP contribution in [-0.2, 0) is 29.4 Å². The fraction of sp³-hybridized carbons (Fsp3) is 0.269. The van der Waals surface area contributed by atoms with Crippen LogP contribution in [0.3, 0.4) is 0 Å². The van der Waals surface area contributed by atoms with E-state index in [4.69, 9.17) is 9.47 Å². The number of aliphatic hydroxyl groups is 1. The van der Waals surface area contributed by atoms with Crippen LogP contribution in [-0.4, -0.2) is 17.7 Å². The Hall–Kier alpha value is -3.32. The molecule has 7 heteroatoms. The zero-order valence-corrected chi connectivity index (χ0v) is 17.6. The summed E-state index contributed by atoms with van der Waals surface area (Å²) in [6.07, 6.45) is -3.39. The van der Waals surface area contributed by atoms with E-state index in [9.17, 15) is 23.1 Å². The fourth-order valence-corrected chi connectivity index (χ4v) is 4.46. The normalized spacial score (nSPS) is 16.0. The van der Waals surface area contributed by atoms with E-state index in [-0.39, 0.29) is 27.0 Å². The minimum Gasteiger partial charge on any atom is -0.454 e. The molecule has 0 spiro atoms. The number of rotatable bonds is 6. The summed E-state index contributed by atoms with van der Waals surface area (Å²) in [7, 11) is 0. The van der Waals surface area contributed by atoms with Gasteiger partial charge in [-0.15, -0.1) is 0 Å². The minimum atomic E-state index is -4.56. The zero-order chi connectivity index (χ0) is 23.2. The molecule has 3 aromatic rings. The van der Waals surface area contributed by atoms with Gasteiger partial charge in [-0.3, -0.25) is 4.79 Å². The Morgan fingerprint density at radius 2 is 1.76 bits per heavy atom. The van der Waals surface area contributed by atoms with E-state index in [2.05, 4.69) is 0 Å². The van der Waals surface area contributed by atoms with Gasteiger partial charge in [0, 0.05) is 7.85 Å². The van der Waals surface area contributed by atoms with Crippen molar-refractivity contribution in [3.05, 3.63) is 82.9 Å². The molecule has 33 heavy (non-hydrogen) atoms. The van der Waals surface area contributed by atoms with Crippen molar-refractivity contribution < 1.29 is 34.0 Å². The molecule has 0 bridgehead atoms. The molecule has 0 atom stereocenters. The fourth-order valence-electron chi connectivity index (χ4n) is 4.46. The van der Waals surface area contributed by atoms with Crippen LogP contribution in [0.15, 0.2) is 60.7 Å². The molecule has 0 amide bonds. The van der Waals surface area contributed by atoms with Gasteiger partial charge in [-0.2, -0.15) is 13.2 Å². The number of hydrogen-bond donors (Lipinski definition) is 1.